The number of hydrogen-bond acceptors (Lipinski definition) is 3. The molecule has 0 radical (unpaired) electrons. The number of hydrogen-bond donors (Lipinski definition) is 2. The SMILES string of the molecule is Nc1c(-c2c(N)c3ncccc3n2-c2cc3ccccc3n2-c2ccccc2)n(-c2cc3ccccc3n2-c2ccccc2)c2ccccc12. The predicted octanol–water partition coefficient (Wildman–Crippen LogP) is 9.69. The lowest BCUT2D eigenvalue weighted by molar-refractivity contribution is 0.951. The molecule has 5 aromatic heterocycles. The second kappa shape index (κ2) is 10.8. The van der Waals surface area contributed by atoms with Gasteiger partial charge in [-0.1, -0.05) is 91.0 Å². The summed E-state index contributed by atoms with van der Waals surface area (Å²) in [5.74, 6) is 1.88. The molecule has 0 saturated heterocycles. The molecule has 7 heteroatoms. The van der Waals surface area contributed by atoms with Crippen LogP contribution in [0.5, 0.6) is 0 Å². The zero-order chi connectivity index (χ0) is 33.3. The lowest BCUT2D eigenvalue weighted by Gasteiger charge is -2.19. The number of pyridine rings is 1. The van der Waals surface area contributed by atoms with Gasteiger partial charge in [-0.2, -0.15) is 0 Å². The van der Waals surface area contributed by atoms with Crippen molar-refractivity contribution in [2.45, 2.75) is 0 Å². The second-order valence-corrected chi connectivity index (χ2v) is 12.5. The Morgan fingerprint density at radius 2 is 0.860 bits per heavy atom. The van der Waals surface area contributed by atoms with Crippen LogP contribution in [-0.2, 0) is 0 Å². The number of nitrogen functional groups attached to an aromatic ring is 2. The van der Waals surface area contributed by atoms with E-state index in [0.29, 0.717) is 16.9 Å². The number of benzene rings is 5. The summed E-state index contributed by atoms with van der Waals surface area (Å²) >= 11 is 0. The van der Waals surface area contributed by atoms with Gasteiger partial charge in [0, 0.05) is 33.7 Å². The minimum atomic E-state index is 0.559. The highest BCUT2D eigenvalue weighted by molar-refractivity contribution is 6.09. The smallest absolute Gasteiger partial charge is 0.123 e. The minimum Gasteiger partial charge on any atom is -0.396 e. The number of nitrogens with zero attached hydrogens (tertiary/aromatic N) is 5. The van der Waals surface area contributed by atoms with Crippen molar-refractivity contribution in [3.8, 4) is 34.4 Å². The van der Waals surface area contributed by atoms with Crippen LogP contribution in [0, 0.1) is 0 Å². The summed E-state index contributed by atoms with van der Waals surface area (Å²) in [5, 5.41) is 3.17. The quantitative estimate of drug-likeness (QED) is 0.195. The van der Waals surface area contributed by atoms with E-state index in [-0.39, 0.29) is 0 Å². The van der Waals surface area contributed by atoms with E-state index < -0.39 is 0 Å². The van der Waals surface area contributed by atoms with E-state index >= 15 is 0 Å². The van der Waals surface area contributed by atoms with E-state index in [2.05, 4.69) is 152 Å². The Morgan fingerprint density at radius 1 is 0.400 bits per heavy atom. The van der Waals surface area contributed by atoms with Crippen molar-refractivity contribution in [2.24, 2.45) is 0 Å². The highest BCUT2D eigenvalue weighted by Gasteiger charge is 2.30. The second-order valence-electron chi connectivity index (χ2n) is 12.5. The van der Waals surface area contributed by atoms with Crippen LogP contribution in [0.15, 0.2) is 164 Å². The van der Waals surface area contributed by atoms with Gasteiger partial charge >= 0.3 is 0 Å². The monoisotopic (exact) mass is 645 g/mol. The van der Waals surface area contributed by atoms with Gasteiger partial charge in [0.2, 0.25) is 0 Å². The van der Waals surface area contributed by atoms with Gasteiger partial charge in [0.15, 0.2) is 0 Å². The highest BCUT2D eigenvalue weighted by Crippen LogP contribution is 2.46. The van der Waals surface area contributed by atoms with Crippen LogP contribution in [0.1, 0.15) is 0 Å². The van der Waals surface area contributed by atoms with Crippen LogP contribution in [0.4, 0.5) is 11.4 Å². The van der Waals surface area contributed by atoms with E-state index in [1.807, 2.05) is 24.3 Å². The van der Waals surface area contributed by atoms with Gasteiger partial charge in [-0.15, -0.1) is 0 Å². The summed E-state index contributed by atoms with van der Waals surface area (Å²) < 4.78 is 9.09. The van der Waals surface area contributed by atoms with Crippen molar-refractivity contribution in [2.75, 3.05) is 11.5 Å². The molecule has 0 spiro atoms. The summed E-state index contributed by atoms with van der Waals surface area (Å²) in [4.78, 5) is 4.84. The summed E-state index contributed by atoms with van der Waals surface area (Å²) in [6.07, 6.45) is 1.80. The van der Waals surface area contributed by atoms with Crippen molar-refractivity contribution < 1.29 is 0 Å². The molecule has 0 saturated carbocycles. The van der Waals surface area contributed by atoms with Crippen LogP contribution >= 0.6 is 0 Å². The fraction of sp³-hybridized carbons (Fsp3) is 0. The van der Waals surface area contributed by atoms with Crippen LogP contribution in [0.2, 0.25) is 0 Å². The lowest BCUT2D eigenvalue weighted by Crippen LogP contribution is -2.10. The maximum absolute atomic E-state index is 7.33. The van der Waals surface area contributed by atoms with Crippen LogP contribution in [0.3, 0.4) is 0 Å². The van der Waals surface area contributed by atoms with Crippen molar-refractivity contribution in [3.63, 3.8) is 0 Å². The molecule has 0 fully saturated rings. The summed E-state index contributed by atoms with van der Waals surface area (Å²) in [5.41, 5.74) is 24.2. The molecular formula is C43H31N7. The Hall–Kier alpha value is -6.99. The first-order valence-electron chi connectivity index (χ1n) is 16.7. The molecule has 5 aromatic carbocycles. The molecule has 0 bridgehead atoms. The first-order chi connectivity index (χ1) is 24.7. The van der Waals surface area contributed by atoms with E-state index in [0.717, 1.165) is 72.6 Å². The molecule has 0 amide bonds. The van der Waals surface area contributed by atoms with Crippen LogP contribution < -0.4 is 11.5 Å². The van der Waals surface area contributed by atoms with E-state index in [9.17, 15) is 0 Å². The Balaban J connectivity index is 1.39. The number of aromatic nitrogens is 5. The van der Waals surface area contributed by atoms with E-state index in [1.165, 1.54) is 0 Å². The molecule has 7 nitrogen and oxygen atoms in total. The highest BCUT2D eigenvalue weighted by atomic mass is 15.2. The van der Waals surface area contributed by atoms with Gasteiger partial charge in [0.25, 0.3) is 0 Å². The Morgan fingerprint density at radius 3 is 1.46 bits per heavy atom. The molecule has 0 aliphatic heterocycles. The fourth-order valence-electron chi connectivity index (χ4n) is 7.65. The number of para-hydroxylation sites is 5. The van der Waals surface area contributed by atoms with Gasteiger partial charge < -0.3 is 11.5 Å². The molecule has 50 heavy (non-hydrogen) atoms. The number of fused-ring (bicyclic) bond motifs is 4. The van der Waals surface area contributed by atoms with Gasteiger partial charge in [-0.3, -0.25) is 23.3 Å². The minimum absolute atomic E-state index is 0.559. The van der Waals surface area contributed by atoms with Crippen molar-refractivity contribution in [1.29, 1.82) is 0 Å². The third kappa shape index (κ3) is 3.94. The Kier molecular flexibility index (Phi) is 6.04. The van der Waals surface area contributed by atoms with Gasteiger partial charge in [0.1, 0.15) is 17.2 Å². The third-order valence-electron chi connectivity index (χ3n) is 9.77. The lowest BCUT2D eigenvalue weighted by atomic mass is 10.2. The van der Waals surface area contributed by atoms with Crippen LogP contribution in [-0.4, -0.2) is 23.3 Å². The molecular weight excluding hydrogens is 615 g/mol. The van der Waals surface area contributed by atoms with Crippen LogP contribution in [0.25, 0.3) is 78.1 Å². The maximum Gasteiger partial charge on any atom is 0.123 e. The topological polar surface area (TPSA) is 84.7 Å². The van der Waals surface area contributed by atoms with Crippen molar-refractivity contribution >= 4 is 55.1 Å². The van der Waals surface area contributed by atoms with Crippen molar-refractivity contribution in [1.82, 2.24) is 23.3 Å². The Bertz CT molecular complexity index is 2690. The summed E-state index contributed by atoms with van der Waals surface area (Å²) in [6, 6.07) is 54.6. The van der Waals surface area contributed by atoms with Crippen molar-refractivity contribution in [3.05, 3.63) is 164 Å². The zero-order valence-corrected chi connectivity index (χ0v) is 27.0. The van der Waals surface area contributed by atoms with E-state index in [4.69, 9.17) is 16.5 Å². The molecule has 238 valence electrons. The van der Waals surface area contributed by atoms with Gasteiger partial charge in [0.05, 0.1) is 44.8 Å². The molecule has 5 heterocycles. The third-order valence-corrected chi connectivity index (χ3v) is 9.77. The number of rotatable bonds is 5. The van der Waals surface area contributed by atoms with Gasteiger partial charge in [-0.05, 0) is 66.7 Å². The summed E-state index contributed by atoms with van der Waals surface area (Å²) in [7, 11) is 0. The number of anilines is 2. The van der Waals surface area contributed by atoms with E-state index in [1.54, 1.807) is 6.20 Å². The molecule has 0 aliphatic carbocycles. The largest absolute Gasteiger partial charge is 0.396 e. The normalized spacial score (nSPS) is 11.8. The fourth-order valence-corrected chi connectivity index (χ4v) is 7.65. The number of nitrogens with two attached hydrogens (primary N) is 2. The molecule has 0 atom stereocenters. The standard InChI is InChI=1S/C43H31N7/c44-39-32-20-9-12-23-35(32)49(37-26-28-14-7-10-21-33(28)47(37)30-16-3-1-4-17-30)42(39)43-40(45)41-36(24-13-25-46-41)50(43)38-27-29-15-8-11-22-34(29)48(38)31-18-5-2-6-19-31/h1-27H,44-45H2. The average molecular weight is 646 g/mol. The molecule has 10 aromatic rings. The molecule has 10 rings (SSSR count). The predicted molar refractivity (Wildman–Crippen MR) is 206 cm³/mol. The Labute approximate surface area is 287 Å². The molecule has 0 unspecified atom stereocenters. The average Bonchev–Trinajstić information content (AvgIpc) is 3.90. The summed E-state index contributed by atoms with van der Waals surface area (Å²) in [6.45, 7) is 0. The molecule has 0 aliphatic rings. The first-order valence-corrected chi connectivity index (χ1v) is 16.7. The van der Waals surface area contributed by atoms with Gasteiger partial charge in [-0.25, -0.2) is 0 Å². The zero-order valence-electron chi connectivity index (χ0n) is 27.0. The molecule has 4 N–H and O–H groups in total. The maximum atomic E-state index is 7.33. The first kappa shape index (κ1) is 28.1.